The highest BCUT2D eigenvalue weighted by Crippen LogP contribution is 2.21. The molecule has 0 aliphatic rings. The number of aliphatic hydroxyl groups is 1. The van der Waals surface area contributed by atoms with Crippen LogP contribution in [0, 0.1) is 5.41 Å². The number of aliphatic hydroxyl groups excluding tert-OH is 1. The van der Waals surface area contributed by atoms with Gasteiger partial charge in [0.1, 0.15) is 18.4 Å². The van der Waals surface area contributed by atoms with Crippen LogP contribution in [0.4, 0.5) is 0 Å². The lowest BCUT2D eigenvalue weighted by molar-refractivity contribution is -0.135. The molecule has 0 saturated carbocycles. The summed E-state index contributed by atoms with van der Waals surface area (Å²) in [5.41, 5.74) is 14.3. The number of sulfonamides is 1. The summed E-state index contributed by atoms with van der Waals surface area (Å²) >= 11 is 0. The van der Waals surface area contributed by atoms with Gasteiger partial charge in [0.05, 0.1) is 18.1 Å². The first-order valence-corrected chi connectivity index (χ1v) is 16.2. The van der Waals surface area contributed by atoms with Gasteiger partial charge >= 0.3 is 0 Å². The zero-order valence-corrected chi connectivity index (χ0v) is 26.4. The Bertz CT molecular complexity index is 1420. The Labute approximate surface area is 259 Å². The molecule has 3 rings (SSSR count). The number of hydrogen-bond donors (Lipinski definition) is 6. The maximum atomic E-state index is 13.1. The van der Waals surface area contributed by atoms with Crippen molar-refractivity contribution in [2.75, 3.05) is 26.0 Å². The Kier molecular flexibility index (Phi) is 12.8. The topological polar surface area (TPSA) is 179 Å². The molecule has 240 valence electrons. The number of carbonyl (C=O) groups excluding carboxylic acids is 1. The SMILES string of the molecule is CC(C)(C)C(NO)C(=O)NN(Cc1ccc(-c2ccccn2)cc1)C[C@H](O)C(N)Cc1ccc(OCCNS(C)(=O)=O)cc1. The van der Waals surface area contributed by atoms with Crippen molar-refractivity contribution in [3.8, 4) is 17.0 Å². The normalized spacial score (nSPS) is 14.2. The minimum absolute atomic E-state index is 0.0335. The first kappa shape index (κ1) is 35.1. The number of rotatable bonds is 16. The van der Waals surface area contributed by atoms with Gasteiger partial charge in [-0.3, -0.25) is 15.2 Å². The molecule has 2 unspecified atom stereocenters. The number of pyridine rings is 1. The monoisotopic (exact) mass is 628 g/mol. The molecule has 0 radical (unpaired) electrons. The fraction of sp³-hybridized carbons (Fsp3) is 0.419. The molecule has 3 atom stereocenters. The second-order valence-electron chi connectivity index (χ2n) is 11.8. The third-order valence-corrected chi connectivity index (χ3v) is 7.57. The standard InChI is InChI=1S/C31H44N6O6S/c1-31(2,3)29(36-40)30(39)35-37(20-23-8-12-24(13-9-23)27-7-5-6-16-33-27)21-28(38)26(32)19-22-10-14-25(15-11-22)43-18-17-34-44(4,41)42/h5-16,26,28-29,34,36,38,40H,17-21,32H2,1-4H3,(H,35,39)/t26?,28-,29?/m0/s1. The largest absolute Gasteiger partial charge is 0.492 e. The van der Waals surface area contributed by atoms with Gasteiger partial charge in [0.15, 0.2) is 0 Å². The Morgan fingerprint density at radius 1 is 1.05 bits per heavy atom. The molecule has 2 aromatic carbocycles. The zero-order chi connectivity index (χ0) is 32.3. The van der Waals surface area contributed by atoms with Crippen LogP contribution < -0.4 is 26.1 Å². The number of nitrogens with zero attached hydrogens (tertiary/aromatic N) is 2. The van der Waals surface area contributed by atoms with Gasteiger partial charge in [-0.15, -0.1) is 0 Å². The van der Waals surface area contributed by atoms with Gasteiger partial charge in [0, 0.05) is 37.4 Å². The van der Waals surface area contributed by atoms with E-state index in [0.29, 0.717) is 12.2 Å². The van der Waals surface area contributed by atoms with Crippen LogP contribution in [0.2, 0.25) is 0 Å². The third-order valence-electron chi connectivity index (χ3n) is 6.85. The maximum absolute atomic E-state index is 13.1. The molecule has 1 amide bonds. The van der Waals surface area contributed by atoms with Crippen LogP contribution in [-0.2, 0) is 27.8 Å². The lowest BCUT2D eigenvalue weighted by atomic mass is 9.87. The van der Waals surface area contributed by atoms with Gasteiger partial charge in [0.2, 0.25) is 10.0 Å². The van der Waals surface area contributed by atoms with Gasteiger partial charge in [-0.1, -0.05) is 63.2 Å². The van der Waals surface area contributed by atoms with E-state index in [2.05, 4.69) is 20.6 Å². The number of hydroxylamine groups is 1. The van der Waals surface area contributed by atoms with Crippen LogP contribution in [0.3, 0.4) is 0 Å². The summed E-state index contributed by atoms with van der Waals surface area (Å²) in [4.78, 5) is 17.5. The first-order chi connectivity index (χ1) is 20.7. The molecule has 0 aliphatic carbocycles. The Hall–Kier alpha value is -3.43. The average molecular weight is 629 g/mol. The molecule has 44 heavy (non-hydrogen) atoms. The van der Waals surface area contributed by atoms with Crippen molar-refractivity contribution >= 4 is 15.9 Å². The lowest BCUT2D eigenvalue weighted by Gasteiger charge is -2.33. The van der Waals surface area contributed by atoms with Gasteiger partial charge in [0.25, 0.3) is 5.91 Å². The van der Waals surface area contributed by atoms with Crippen LogP contribution in [0.1, 0.15) is 31.9 Å². The molecular formula is C31H44N6O6S. The van der Waals surface area contributed by atoms with E-state index in [1.54, 1.807) is 23.3 Å². The van der Waals surface area contributed by atoms with Gasteiger partial charge in [-0.25, -0.2) is 18.1 Å². The van der Waals surface area contributed by atoms with Gasteiger partial charge in [-0.2, -0.15) is 5.48 Å². The van der Waals surface area contributed by atoms with Crippen molar-refractivity contribution in [1.82, 2.24) is 25.6 Å². The predicted molar refractivity (Wildman–Crippen MR) is 169 cm³/mol. The number of benzene rings is 2. The molecule has 0 saturated heterocycles. The maximum Gasteiger partial charge on any atom is 0.254 e. The number of hydrazine groups is 1. The Balaban J connectivity index is 1.65. The van der Waals surface area contributed by atoms with Crippen molar-refractivity contribution in [1.29, 1.82) is 0 Å². The number of amides is 1. The summed E-state index contributed by atoms with van der Waals surface area (Å²) in [6.07, 6.45) is 2.18. The van der Waals surface area contributed by atoms with Crippen molar-refractivity contribution in [2.45, 2.75) is 51.9 Å². The summed E-state index contributed by atoms with van der Waals surface area (Å²) in [7, 11) is -3.28. The van der Waals surface area contributed by atoms with E-state index in [9.17, 15) is 23.5 Å². The summed E-state index contributed by atoms with van der Waals surface area (Å²) in [6.45, 7) is 6.13. The lowest BCUT2D eigenvalue weighted by Crippen LogP contribution is -2.57. The number of nitrogens with one attached hydrogen (secondary N) is 3. The van der Waals surface area contributed by atoms with Crippen molar-refractivity contribution in [2.24, 2.45) is 11.1 Å². The summed E-state index contributed by atoms with van der Waals surface area (Å²) < 4.78 is 30.2. The van der Waals surface area contributed by atoms with Gasteiger partial charge in [-0.05, 0) is 47.2 Å². The molecule has 12 nitrogen and oxygen atoms in total. The van der Waals surface area contributed by atoms with Crippen LogP contribution in [0.15, 0.2) is 72.9 Å². The molecule has 0 aliphatic heterocycles. The van der Waals surface area contributed by atoms with Crippen LogP contribution in [0.5, 0.6) is 5.75 Å². The molecule has 0 spiro atoms. The summed E-state index contributed by atoms with van der Waals surface area (Å²) in [5, 5.41) is 22.4. The molecule has 1 aromatic heterocycles. The Morgan fingerprint density at radius 2 is 1.70 bits per heavy atom. The van der Waals surface area contributed by atoms with Gasteiger partial charge < -0.3 is 20.8 Å². The van der Waals surface area contributed by atoms with E-state index in [0.717, 1.165) is 28.6 Å². The summed E-state index contributed by atoms with van der Waals surface area (Å²) in [6, 6.07) is 19.1. The highest BCUT2D eigenvalue weighted by Gasteiger charge is 2.32. The number of carbonyl (C=O) groups is 1. The predicted octanol–water partition coefficient (Wildman–Crippen LogP) is 1.83. The van der Waals surface area contributed by atoms with Crippen molar-refractivity contribution in [3.63, 3.8) is 0 Å². The van der Waals surface area contributed by atoms with E-state index in [1.807, 2.05) is 75.4 Å². The van der Waals surface area contributed by atoms with E-state index in [4.69, 9.17) is 10.5 Å². The average Bonchev–Trinajstić information content (AvgIpc) is 2.96. The fourth-order valence-corrected chi connectivity index (χ4v) is 4.89. The highest BCUT2D eigenvalue weighted by molar-refractivity contribution is 7.88. The quantitative estimate of drug-likeness (QED) is 0.101. The molecule has 0 bridgehead atoms. The second kappa shape index (κ2) is 16.0. The third kappa shape index (κ3) is 11.6. The highest BCUT2D eigenvalue weighted by atomic mass is 32.2. The molecule has 0 fully saturated rings. The van der Waals surface area contributed by atoms with Crippen molar-refractivity contribution in [3.05, 3.63) is 84.1 Å². The van der Waals surface area contributed by atoms with Crippen LogP contribution in [0.25, 0.3) is 11.3 Å². The minimum Gasteiger partial charge on any atom is -0.492 e. The number of hydrogen-bond acceptors (Lipinski definition) is 10. The summed E-state index contributed by atoms with van der Waals surface area (Å²) in [5.74, 6) is 0.125. The Morgan fingerprint density at radius 3 is 2.27 bits per heavy atom. The molecular weight excluding hydrogens is 584 g/mol. The fourth-order valence-electron chi connectivity index (χ4n) is 4.44. The smallest absolute Gasteiger partial charge is 0.254 e. The van der Waals surface area contributed by atoms with E-state index >= 15 is 0 Å². The molecule has 3 aromatic rings. The first-order valence-electron chi connectivity index (χ1n) is 14.3. The number of aromatic nitrogens is 1. The molecule has 13 heteroatoms. The van der Waals surface area contributed by atoms with E-state index in [-0.39, 0.29) is 26.2 Å². The van der Waals surface area contributed by atoms with E-state index in [1.165, 1.54) is 0 Å². The number of nitrogens with two attached hydrogens (primary N) is 1. The number of ether oxygens (including phenoxy) is 1. The van der Waals surface area contributed by atoms with E-state index < -0.39 is 39.5 Å². The van der Waals surface area contributed by atoms with Crippen LogP contribution in [-0.4, -0.2) is 78.8 Å². The van der Waals surface area contributed by atoms with Crippen molar-refractivity contribution < 1.29 is 28.3 Å². The molecule has 1 heterocycles. The van der Waals surface area contributed by atoms with Crippen LogP contribution >= 0.6 is 0 Å². The minimum atomic E-state index is -3.28. The second-order valence-corrected chi connectivity index (χ2v) is 13.6. The molecule has 7 N–H and O–H groups in total. The zero-order valence-electron chi connectivity index (χ0n) is 25.6.